The zero-order valence-corrected chi connectivity index (χ0v) is 9.24. The maximum absolute atomic E-state index is 11.5. The Bertz CT molecular complexity index is 362. The highest BCUT2D eigenvalue weighted by Crippen LogP contribution is 2.23. The summed E-state index contributed by atoms with van der Waals surface area (Å²) < 4.78 is 0. The van der Waals surface area contributed by atoms with Gasteiger partial charge in [0.05, 0.1) is 6.54 Å². The molecule has 1 aromatic carbocycles. The van der Waals surface area contributed by atoms with Crippen molar-refractivity contribution in [2.45, 2.75) is 6.92 Å². The van der Waals surface area contributed by atoms with Gasteiger partial charge in [-0.15, -0.1) is 0 Å². The first-order valence-corrected chi connectivity index (χ1v) is 4.74. The molecule has 0 spiro atoms. The monoisotopic (exact) mass is 208 g/mol. The summed E-state index contributed by atoms with van der Waals surface area (Å²) >= 11 is 0. The number of benzene rings is 1. The summed E-state index contributed by atoms with van der Waals surface area (Å²) in [6.07, 6.45) is 0. The van der Waals surface area contributed by atoms with Gasteiger partial charge in [-0.2, -0.15) is 0 Å². The van der Waals surface area contributed by atoms with Crippen molar-refractivity contribution >= 4 is 11.6 Å². The van der Waals surface area contributed by atoms with Crippen molar-refractivity contribution < 1.29 is 9.90 Å². The van der Waals surface area contributed by atoms with Crippen LogP contribution in [-0.2, 0) is 4.79 Å². The number of hydrogen-bond donors (Lipinski definition) is 2. The quantitative estimate of drug-likeness (QED) is 0.784. The van der Waals surface area contributed by atoms with Crippen LogP contribution >= 0.6 is 0 Å². The van der Waals surface area contributed by atoms with Gasteiger partial charge < -0.3 is 15.3 Å². The number of aromatic hydroxyl groups is 1. The van der Waals surface area contributed by atoms with Crippen molar-refractivity contribution in [1.82, 2.24) is 4.90 Å². The summed E-state index contributed by atoms with van der Waals surface area (Å²) in [5, 5.41) is 12.2. The lowest BCUT2D eigenvalue weighted by molar-refractivity contribution is -0.116. The van der Waals surface area contributed by atoms with Crippen LogP contribution in [0.15, 0.2) is 18.2 Å². The number of likely N-dealkylation sites (N-methyl/N-ethyl adjacent to an activating group) is 1. The Labute approximate surface area is 89.5 Å². The van der Waals surface area contributed by atoms with Crippen LogP contribution in [0.2, 0.25) is 0 Å². The molecular formula is C11H16N2O2. The van der Waals surface area contributed by atoms with E-state index in [1.54, 1.807) is 30.0 Å². The second-order valence-corrected chi connectivity index (χ2v) is 3.74. The Hall–Kier alpha value is -1.55. The summed E-state index contributed by atoms with van der Waals surface area (Å²) in [5.74, 6) is 0.103. The minimum Gasteiger partial charge on any atom is -0.508 e. The summed E-state index contributed by atoms with van der Waals surface area (Å²) in [6.45, 7) is 2.09. The molecule has 4 heteroatoms. The molecule has 0 fully saturated rings. The number of phenolic OH excluding ortho intramolecular Hbond substituents is 1. The van der Waals surface area contributed by atoms with E-state index >= 15 is 0 Å². The van der Waals surface area contributed by atoms with Gasteiger partial charge in [0.1, 0.15) is 5.75 Å². The van der Waals surface area contributed by atoms with Crippen LogP contribution < -0.4 is 5.32 Å². The van der Waals surface area contributed by atoms with E-state index in [1.807, 2.05) is 14.1 Å². The number of phenols is 1. The Morgan fingerprint density at radius 3 is 2.73 bits per heavy atom. The highest BCUT2D eigenvalue weighted by atomic mass is 16.3. The number of nitrogens with one attached hydrogen (secondary N) is 1. The lowest BCUT2D eigenvalue weighted by Gasteiger charge is -2.12. The molecule has 0 heterocycles. The zero-order valence-electron chi connectivity index (χ0n) is 9.24. The first-order chi connectivity index (χ1) is 7.00. The SMILES string of the molecule is Cc1c(O)cccc1NC(=O)CN(C)C. The van der Waals surface area contributed by atoms with Crippen LogP contribution in [-0.4, -0.2) is 36.6 Å². The fourth-order valence-electron chi connectivity index (χ4n) is 1.24. The molecule has 0 unspecified atom stereocenters. The number of carbonyl (C=O) groups excluding carboxylic acids is 1. The number of hydrogen-bond acceptors (Lipinski definition) is 3. The molecule has 0 aliphatic rings. The van der Waals surface area contributed by atoms with Crippen LogP contribution in [0.5, 0.6) is 5.75 Å². The zero-order chi connectivity index (χ0) is 11.4. The van der Waals surface area contributed by atoms with Crippen LogP contribution in [0.1, 0.15) is 5.56 Å². The van der Waals surface area contributed by atoms with E-state index in [0.29, 0.717) is 17.8 Å². The molecule has 0 bridgehead atoms. The molecule has 0 atom stereocenters. The molecule has 0 saturated carbocycles. The standard InChI is InChI=1S/C11H16N2O2/c1-8-9(5-4-6-10(8)14)12-11(15)7-13(2)3/h4-6,14H,7H2,1-3H3,(H,12,15). The average molecular weight is 208 g/mol. The third kappa shape index (κ3) is 3.25. The highest BCUT2D eigenvalue weighted by molar-refractivity contribution is 5.93. The van der Waals surface area contributed by atoms with Crippen LogP contribution in [0.3, 0.4) is 0 Å². The number of rotatable bonds is 3. The second-order valence-electron chi connectivity index (χ2n) is 3.74. The van der Waals surface area contributed by atoms with E-state index in [2.05, 4.69) is 5.32 Å². The summed E-state index contributed by atoms with van der Waals surface area (Å²) in [5.41, 5.74) is 1.34. The normalized spacial score (nSPS) is 10.4. The molecule has 15 heavy (non-hydrogen) atoms. The molecule has 0 saturated heterocycles. The van der Waals surface area contributed by atoms with E-state index < -0.39 is 0 Å². The largest absolute Gasteiger partial charge is 0.508 e. The Balaban J connectivity index is 2.73. The third-order valence-electron chi connectivity index (χ3n) is 2.04. The Kier molecular flexibility index (Phi) is 3.68. The van der Waals surface area contributed by atoms with E-state index in [9.17, 15) is 9.90 Å². The summed E-state index contributed by atoms with van der Waals surface area (Å²) in [4.78, 5) is 13.2. The van der Waals surface area contributed by atoms with Gasteiger partial charge in [-0.1, -0.05) is 6.07 Å². The van der Waals surface area contributed by atoms with Crippen molar-refractivity contribution in [3.63, 3.8) is 0 Å². The van der Waals surface area contributed by atoms with Crippen LogP contribution in [0, 0.1) is 6.92 Å². The smallest absolute Gasteiger partial charge is 0.238 e. The third-order valence-corrected chi connectivity index (χ3v) is 2.04. The minimum atomic E-state index is -0.0892. The molecule has 82 valence electrons. The fraction of sp³-hybridized carbons (Fsp3) is 0.364. The van der Waals surface area contributed by atoms with Crippen molar-refractivity contribution in [2.24, 2.45) is 0 Å². The van der Waals surface area contributed by atoms with Gasteiger partial charge in [-0.05, 0) is 33.2 Å². The molecule has 0 radical (unpaired) electrons. The molecule has 0 aliphatic carbocycles. The molecule has 1 amide bonds. The highest BCUT2D eigenvalue weighted by Gasteiger charge is 2.07. The van der Waals surface area contributed by atoms with Gasteiger partial charge in [0, 0.05) is 11.3 Å². The fourth-order valence-corrected chi connectivity index (χ4v) is 1.24. The van der Waals surface area contributed by atoms with Crippen molar-refractivity contribution in [3.8, 4) is 5.75 Å². The van der Waals surface area contributed by atoms with Crippen molar-refractivity contribution in [3.05, 3.63) is 23.8 Å². The Morgan fingerprint density at radius 1 is 1.47 bits per heavy atom. The second kappa shape index (κ2) is 4.79. The first kappa shape index (κ1) is 11.5. The van der Waals surface area contributed by atoms with E-state index in [4.69, 9.17) is 0 Å². The van der Waals surface area contributed by atoms with Crippen molar-refractivity contribution in [1.29, 1.82) is 0 Å². The number of nitrogens with zero attached hydrogens (tertiary/aromatic N) is 1. The number of anilines is 1. The number of carbonyl (C=O) groups is 1. The van der Waals surface area contributed by atoms with Gasteiger partial charge in [-0.25, -0.2) is 0 Å². The molecular weight excluding hydrogens is 192 g/mol. The molecule has 0 aliphatic heterocycles. The summed E-state index contributed by atoms with van der Waals surface area (Å²) in [6, 6.07) is 5.06. The average Bonchev–Trinajstić information content (AvgIpc) is 2.11. The molecule has 2 N–H and O–H groups in total. The summed E-state index contributed by atoms with van der Waals surface area (Å²) in [7, 11) is 3.66. The lowest BCUT2D eigenvalue weighted by Crippen LogP contribution is -2.27. The maximum atomic E-state index is 11.5. The molecule has 1 rings (SSSR count). The van der Waals surface area contributed by atoms with E-state index in [0.717, 1.165) is 0 Å². The van der Waals surface area contributed by atoms with Gasteiger partial charge in [0.25, 0.3) is 0 Å². The molecule has 4 nitrogen and oxygen atoms in total. The predicted molar refractivity (Wildman–Crippen MR) is 60.0 cm³/mol. The lowest BCUT2D eigenvalue weighted by atomic mass is 10.2. The van der Waals surface area contributed by atoms with Crippen LogP contribution in [0.25, 0.3) is 0 Å². The molecule has 1 aromatic rings. The number of amides is 1. The maximum Gasteiger partial charge on any atom is 0.238 e. The predicted octanol–water partition coefficient (Wildman–Crippen LogP) is 1.20. The van der Waals surface area contributed by atoms with Gasteiger partial charge in [0.15, 0.2) is 0 Å². The van der Waals surface area contributed by atoms with Gasteiger partial charge >= 0.3 is 0 Å². The minimum absolute atomic E-state index is 0.0892. The van der Waals surface area contributed by atoms with Gasteiger partial charge in [-0.3, -0.25) is 4.79 Å². The topological polar surface area (TPSA) is 52.6 Å². The first-order valence-electron chi connectivity index (χ1n) is 4.74. The van der Waals surface area contributed by atoms with E-state index in [1.165, 1.54) is 0 Å². The van der Waals surface area contributed by atoms with E-state index in [-0.39, 0.29) is 11.7 Å². The Morgan fingerprint density at radius 2 is 2.13 bits per heavy atom. The van der Waals surface area contributed by atoms with Crippen LogP contribution in [0.4, 0.5) is 5.69 Å². The molecule has 0 aromatic heterocycles. The van der Waals surface area contributed by atoms with Gasteiger partial charge in [0.2, 0.25) is 5.91 Å². The van der Waals surface area contributed by atoms with Crippen molar-refractivity contribution in [2.75, 3.05) is 26.0 Å².